The number of aliphatic hydroxyl groups excluding tert-OH is 1. The normalized spacial score (nSPS) is 19.5. The van der Waals surface area contributed by atoms with Gasteiger partial charge in [0.15, 0.2) is 0 Å². The number of nitrogens with two attached hydrogens (primary N) is 1. The largest absolute Gasteiger partial charge is 0.450 e. The van der Waals surface area contributed by atoms with Crippen molar-refractivity contribution in [2.45, 2.75) is 76.4 Å². The number of hydrogen-bond donors (Lipinski definition) is 3. The van der Waals surface area contributed by atoms with Gasteiger partial charge in [-0.3, -0.25) is 0 Å². The summed E-state index contributed by atoms with van der Waals surface area (Å²) in [5.41, 5.74) is 6.05. The minimum absolute atomic E-state index is 0.166. The number of amides is 1. The first-order valence-corrected chi connectivity index (χ1v) is 12.3. The highest BCUT2D eigenvalue weighted by Crippen LogP contribution is 2.27. The van der Waals surface area contributed by atoms with Gasteiger partial charge in [-0.05, 0) is 18.4 Å². The predicted molar refractivity (Wildman–Crippen MR) is 92.7 cm³/mol. The van der Waals surface area contributed by atoms with E-state index in [1.165, 1.54) is 32.1 Å². The van der Waals surface area contributed by atoms with Crippen molar-refractivity contribution in [2.24, 2.45) is 11.7 Å². The fraction of sp³-hybridized carbons (Fsp3) is 0.938. The van der Waals surface area contributed by atoms with E-state index in [9.17, 15) is 9.90 Å². The van der Waals surface area contributed by atoms with Gasteiger partial charge in [0, 0.05) is 20.7 Å². The summed E-state index contributed by atoms with van der Waals surface area (Å²) in [7, 11) is -1.19. The number of ether oxygens (including phenoxy) is 1. The Bertz CT molecular complexity index is 328. The summed E-state index contributed by atoms with van der Waals surface area (Å²) in [4.78, 5) is 11.6. The molecule has 0 bridgehead atoms. The molecule has 22 heavy (non-hydrogen) atoms. The first-order chi connectivity index (χ1) is 10.3. The molecule has 0 radical (unpaired) electrons. The van der Waals surface area contributed by atoms with E-state index in [1.54, 1.807) is 0 Å². The van der Waals surface area contributed by atoms with Gasteiger partial charge in [-0.1, -0.05) is 51.7 Å². The van der Waals surface area contributed by atoms with Crippen molar-refractivity contribution in [3.8, 4) is 0 Å². The summed E-state index contributed by atoms with van der Waals surface area (Å²) in [6, 6.07) is 0.676. The third-order valence-electron chi connectivity index (χ3n) is 4.37. The van der Waals surface area contributed by atoms with Crippen LogP contribution in [0.25, 0.3) is 0 Å². The fourth-order valence-electron chi connectivity index (χ4n) is 2.81. The van der Waals surface area contributed by atoms with E-state index in [0.717, 1.165) is 12.5 Å². The lowest BCUT2D eigenvalue weighted by atomic mass is 9.84. The van der Waals surface area contributed by atoms with E-state index < -0.39 is 20.3 Å². The molecule has 6 heteroatoms. The van der Waals surface area contributed by atoms with Crippen LogP contribution in [0, 0.1) is 5.92 Å². The molecule has 1 saturated carbocycles. The van der Waals surface area contributed by atoms with E-state index in [0.29, 0.717) is 12.5 Å². The second-order valence-corrected chi connectivity index (χ2v) is 13.4. The van der Waals surface area contributed by atoms with Gasteiger partial charge >= 0.3 is 6.09 Å². The highest BCUT2D eigenvalue weighted by molar-refractivity contribution is 6.76. The SMILES string of the molecule is C[Si](C)(C)CCOC(=O)NC[C@H](O)[C@@H](N)CC1CCCCC1. The van der Waals surface area contributed by atoms with Crippen LogP contribution < -0.4 is 11.1 Å². The van der Waals surface area contributed by atoms with E-state index in [1.807, 2.05) is 0 Å². The van der Waals surface area contributed by atoms with Crippen LogP contribution in [0.1, 0.15) is 38.5 Å². The number of nitrogens with one attached hydrogen (secondary N) is 1. The highest BCUT2D eigenvalue weighted by atomic mass is 28.3. The molecule has 1 rings (SSSR count). The molecule has 1 amide bonds. The second kappa shape index (κ2) is 9.52. The monoisotopic (exact) mass is 330 g/mol. The Kier molecular flexibility index (Phi) is 8.42. The van der Waals surface area contributed by atoms with Crippen molar-refractivity contribution in [3.63, 3.8) is 0 Å². The average molecular weight is 331 g/mol. The Labute approximate surface area is 136 Å². The van der Waals surface area contributed by atoms with Crippen LogP contribution in [0.2, 0.25) is 25.7 Å². The number of hydrogen-bond acceptors (Lipinski definition) is 4. The number of rotatable bonds is 8. The predicted octanol–water partition coefficient (Wildman–Crippen LogP) is 2.71. The third-order valence-corrected chi connectivity index (χ3v) is 6.07. The summed E-state index contributed by atoms with van der Waals surface area (Å²) in [5.74, 6) is 0.627. The van der Waals surface area contributed by atoms with Gasteiger partial charge in [0.2, 0.25) is 0 Å². The fourth-order valence-corrected chi connectivity index (χ4v) is 3.52. The molecule has 0 spiro atoms. The molecule has 5 nitrogen and oxygen atoms in total. The van der Waals surface area contributed by atoms with Gasteiger partial charge in [-0.2, -0.15) is 0 Å². The molecule has 0 aromatic heterocycles. The number of alkyl carbamates (subject to hydrolysis) is 1. The first-order valence-electron chi connectivity index (χ1n) is 8.62. The van der Waals surface area contributed by atoms with Crippen molar-refractivity contribution in [1.82, 2.24) is 5.32 Å². The molecule has 0 aromatic carbocycles. The van der Waals surface area contributed by atoms with Gasteiger partial charge in [-0.25, -0.2) is 4.79 Å². The van der Waals surface area contributed by atoms with Gasteiger partial charge in [-0.15, -0.1) is 0 Å². The molecule has 130 valence electrons. The lowest BCUT2D eigenvalue weighted by Crippen LogP contribution is -2.44. The zero-order valence-corrected chi connectivity index (χ0v) is 15.4. The molecule has 0 aromatic rings. The van der Waals surface area contributed by atoms with Crippen LogP contribution in [0.5, 0.6) is 0 Å². The number of carbonyl (C=O) groups is 1. The second-order valence-electron chi connectivity index (χ2n) is 7.80. The van der Waals surface area contributed by atoms with Crippen molar-refractivity contribution < 1.29 is 14.6 Å². The van der Waals surface area contributed by atoms with Crippen LogP contribution in [0.3, 0.4) is 0 Å². The van der Waals surface area contributed by atoms with E-state index in [2.05, 4.69) is 25.0 Å². The van der Waals surface area contributed by atoms with E-state index >= 15 is 0 Å². The molecule has 4 N–H and O–H groups in total. The molecule has 0 heterocycles. The van der Waals surface area contributed by atoms with Crippen LogP contribution in [-0.2, 0) is 4.74 Å². The molecule has 1 aliphatic rings. The Hall–Kier alpha value is -0.593. The lowest BCUT2D eigenvalue weighted by molar-refractivity contribution is 0.112. The molecule has 1 aliphatic carbocycles. The topological polar surface area (TPSA) is 84.6 Å². The van der Waals surface area contributed by atoms with Crippen LogP contribution in [-0.4, -0.2) is 44.6 Å². The Morgan fingerprint density at radius 3 is 2.55 bits per heavy atom. The molecule has 2 atom stereocenters. The lowest BCUT2D eigenvalue weighted by Gasteiger charge is -2.27. The minimum Gasteiger partial charge on any atom is -0.450 e. The quantitative estimate of drug-likeness (QED) is 0.597. The van der Waals surface area contributed by atoms with Crippen LogP contribution in [0.15, 0.2) is 0 Å². The summed E-state index contributed by atoms with van der Waals surface area (Å²) in [5, 5.41) is 12.7. The smallest absolute Gasteiger partial charge is 0.407 e. The maximum absolute atomic E-state index is 11.6. The standard InChI is InChI=1S/C16H34N2O3Si/c1-22(2,3)10-9-21-16(20)18-12-15(19)14(17)11-13-7-5-4-6-8-13/h13-15,19H,4-12,17H2,1-3H3,(H,18,20)/t14-,15-/m0/s1. The zero-order valence-electron chi connectivity index (χ0n) is 14.4. The Morgan fingerprint density at radius 1 is 1.32 bits per heavy atom. The Balaban J connectivity index is 2.15. The maximum atomic E-state index is 11.6. The summed E-state index contributed by atoms with van der Waals surface area (Å²) < 4.78 is 5.13. The van der Waals surface area contributed by atoms with Crippen LogP contribution >= 0.6 is 0 Å². The number of carbonyl (C=O) groups excluding carboxylic acids is 1. The molecular weight excluding hydrogens is 296 g/mol. The van der Waals surface area contributed by atoms with Crippen molar-refractivity contribution in [1.29, 1.82) is 0 Å². The number of aliphatic hydroxyl groups is 1. The zero-order chi connectivity index (χ0) is 16.6. The average Bonchev–Trinajstić information content (AvgIpc) is 2.44. The van der Waals surface area contributed by atoms with Crippen LogP contribution in [0.4, 0.5) is 4.79 Å². The van der Waals surface area contributed by atoms with Crippen molar-refractivity contribution >= 4 is 14.2 Å². The van der Waals surface area contributed by atoms with Crippen molar-refractivity contribution in [2.75, 3.05) is 13.2 Å². The van der Waals surface area contributed by atoms with E-state index in [4.69, 9.17) is 10.5 Å². The summed E-state index contributed by atoms with van der Waals surface area (Å²) >= 11 is 0. The maximum Gasteiger partial charge on any atom is 0.407 e. The molecule has 0 saturated heterocycles. The van der Waals surface area contributed by atoms with Gasteiger partial charge in [0.25, 0.3) is 0 Å². The van der Waals surface area contributed by atoms with E-state index in [-0.39, 0.29) is 12.6 Å². The van der Waals surface area contributed by atoms with Crippen molar-refractivity contribution in [3.05, 3.63) is 0 Å². The third kappa shape index (κ3) is 8.75. The minimum atomic E-state index is -1.19. The summed E-state index contributed by atoms with van der Waals surface area (Å²) in [6.07, 6.45) is 5.98. The first kappa shape index (κ1) is 19.5. The van der Waals surface area contributed by atoms with Gasteiger partial charge < -0.3 is 20.9 Å². The van der Waals surface area contributed by atoms with Gasteiger partial charge in [0.05, 0.1) is 12.7 Å². The molecular formula is C16H34N2O3Si. The molecule has 0 unspecified atom stereocenters. The Morgan fingerprint density at radius 2 is 1.95 bits per heavy atom. The highest BCUT2D eigenvalue weighted by Gasteiger charge is 2.22. The van der Waals surface area contributed by atoms with Gasteiger partial charge in [0.1, 0.15) is 0 Å². The molecule has 0 aliphatic heterocycles. The summed E-state index contributed by atoms with van der Waals surface area (Å²) in [6.45, 7) is 7.33. The molecule has 1 fully saturated rings.